The van der Waals surface area contributed by atoms with Gasteiger partial charge in [-0.15, -0.1) is 0 Å². The maximum atomic E-state index is 15.5. The van der Waals surface area contributed by atoms with Gasteiger partial charge in [0.1, 0.15) is 5.75 Å². The highest BCUT2D eigenvalue weighted by Crippen LogP contribution is 2.45. The Labute approximate surface area is 181 Å². The minimum Gasteiger partial charge on any atom is -0.489 e. The summed E-state index contributed by atoms with van der Waals surface area (Å²) in [5, 5.41) is 17.5. The quantitative estimate of drug-likeness (QED) is 0.756. The van der Waals surface area contributed by atoms with Gasteiger partial charge >= 0.3 is 6.09 Å². The SMILES string of the molecule is CC1CCc2c(ccc(-c3cnn(C4CCNCC4)c3F)c2OC2CCC2)N1C(=O)O. The number of halogens is 1. The molecule has 2 N–H and O–H groups in total. The molecule has 166 valence electrons. The van der Waals surface area contributed by atoms with Crippen LogP contribution in [0.5, 0.6) is 5.75 Å². The standard InChI is InChI=1S/C23H29FN4O3/c1-14-5-6-18-20(27(14)23(29)30)8-7-17(21(18)31-16-3-2-4-16)19-13-26-28(22(19)24)15-9-11-25-12-10-15/h7-8,13-16,25H,2-6,9-12H2,1H3,(H,29,30). The smallest absolute Gasteiger partial charge is 0.412 e. The Balaban J connectivity index is 1.59. The Morgan fingerprint density at radius 3 is 2.65 bits per heavy atom. The lowest BCUT2D eigenvalue weighted by atomic mass is 9.91. The molecule has 2 aliphatic heterocycles. The summed E-state index contributed by atoms with van der Waals surface area (Å²) in [6.07, 6.45) is 6.89. The molecule has 7 nitrogen and oxygen atoms in total. The van der Waals surface area contributed by atoms with Crippen molar-refractivity contribution in [1.29, 1.82) is 0 Å². The van der Waals surface area contributed by atoms with E-state index in [2.05, 4.69) is 10.4 Å². The second-order valence-corrected chi connectivity index (χ2v) is 8.93. The van der Waals surface area contributed by atoms with Gasteiger partial charge in [0.15, 0.2) is 0 Å². The van der Waals surface area contributed by atoms with Crippen LogP contribution >= 0.6 is 0 Å². The molecule has 5 rings (SSSR count). The molecule has 0 spiro atoms. The lowest BCUT2D eigenvalue weighted by Crippen LogP contribution is -2.41. The number of piperidine rings is 1. The van der Waals surface area contributed by atoms with E-state index in [1.807, 2.05) is 6.92 Å². The van der Waals surface area contributed by atoms with Gasteiger partial charge in [0.2, 0.25) is 5.95 Å². The summed E-state index contributed by atoms with van der Waals surface area (Å²) in [5.41, 5.74) is 2.61. The molecule has 1 atom stereocenters. The molecule has 3 heterocycles. The molecule has 1 saturated heterocycles. The van der Waals surface area contributed by atoms with Crippen molar-refractivity contribution in [2.45, 2.75) is 70.1 Å². The number of carboxylic acid groups (broad SMARTS) is 1. The Morgan fingerprint density at radius 1 is 1.19 bits per heavy atom. The molecule has 1 unspecified atom stereocenters. The highest BCUT2D eigenvalue weighted by molar-refractivity contribution is 5.91. The number of hydrogen-bond donors (Lipinski definition) is 2. The zero-order valence-electron chi connectivity index (χ0n) is 17.8. The van der Waals surface area contributed by atoms with Crippen molar-refractivity contribution in [3.63, 3.8) is 0 Å². The Bertz CT molecular complexity index is 981. The van der Waals surface area contributed by atoms with Crippen LogP contribution in [0.25, 0.3) is 11.1 Å². The monoisotopic (exact) mass is 428 g/mol. The Morgan fingerprint density at radius 2 is 1.97 bits per heavy atom. The second-order valence-electron chi connectivity index (χ2n) is 8.93. The van der Waals surface area contributed by atoms with Gasteiger partial charge in [-0.05, 0) is 77.1 Å². The first kappa shape index (κ1) is 20.3. The van der Waals surface area contributed by atoms with Crippen molar-refractivity contribution >= 4 is 11.8 Å². The number of benzene rings is 1. The van der Waals surface area contributed by atoms with E-state index in [-0.39, 0.29) is 24.1 Å². The van der Waals surface area contributed by atoms with E-state index in [4.69, 9.17) is 4.74 Å². The zero-order valence-corrected chi connectivity index (χ0v) is 17.8. The lowest BCUT2D eigenvalue weighted by Gasteiger charge is -2.36. The van der Waals surface area contributed by atoms with Gasteiger partial charge in [-0.2, -0.15) is 9.49 Å². The molecule has 1 aromatic carbocycles. The summed E-state index contributed by atoms with van der Waals surface area (Å²) in [6.45, 7) is 3.63. The molecule has 8 heteroatoms. The van der Waals surface area contributed by atoms with E-state index in [0.717, 1.165) is 50.8 Å². The molecule has 0 radical (unpaired) electrons. The van der Waals surface area contributed by atoms with Gasteiger partial charge in [0.25, 0.3) is 0 Å². The van der Waals surface area contributed by atoms with Crippen LogP contribution in [-0.4, -0.2) is 46.2 Å². The normalized spacial score (nSPS) is 22.1. The summed E-state index contributed by atoms with van der Waals surface area (Å²) in [5.74, 6) is 0.286. The molecule has 2 aromatic rings. The molecular weight excluding hydrogens is 399 g/mol. The summed E-state index contributed by atoms with van der Waals surface area (Å²) in [4.78, 5) is 13.3. The molecule has 3 aliphatic rings. The number of fused-ring (bicyclic) bond motifs is 1. The fourth-order valence-corrected chi connectivity index (χ4v) is 4.93. The number of anilines is 1. The number of rotatable bonds is 4. The van der Waals surface area contributed by atoms with Gasteiger partial charge < -0.3 is 15.2 Å². The number of nitrogens with one attached hydrogen (secondary N) is 1. The molecule has 0 bridgehead atoms. The highest BCUT2D eigenvalue weighted by Gasteiger charge is 2.34. The predicted molar refractivity (Wildman–Crippen MR) is 115 cm³/mol. The van der Waals surface area contributed by atoms with Gasteiger partial charge in [0, 0.05) is 17.2 Å². The lowest BCUT2D eigenvalue weighted by molar-refractivity contribution is 0.119. The van der Waals surface area contributed by atoms with E-state index in [1.165, 1.54) is 9.58 Å². The molecule has 31 heavy (non-hydrogen) atoms. The maximum absolute atomic E-state index is 15.5. The van der Waals surface area contributed by atoms with Crippen molar-refractivity contribution in [2.75, 3.05) is 18.0 Å². The number of hydrogen-bond acceptors (Lipinski definition) is 4. The van der Waals surface area contributed by atoms with E-state index in [1.54, 1.807) is 18.3 Å². The Kier molecular flexibility index (Phi) is 5.33. The van der Waals surface area contributed by atoms with Gasteiger partial charge in [-0.1, -0.05) is 0 Å². The third-order valence-electron chi connectivity index (χ3n) is 6.97. The second kappa shape index (κ2) is 8.15. The fourth-order valence-electron chi connectivity index (χ4n) is 4.93. The summed E-state index contributed by atoms with van der Waals surface area (Å²) < 4.78 is 23.4. The minimum absolute atomic E-state index is 0.0481. The van der Waals surface area contributed by atoms with E-state index in [0.29, 0.717) is 35.4 Å². The van der Waals surface area contributed by atoms with Crippen molar-refractivity contribution in [2.24, 2.45) is 0 Å². The first-order valence-corrected chi connectivity index (χ1v) is 11.3. The average molecular weight is 429 g/mol. The largest absolute Gasteiger partial charge is 0.489 e. The number of aromatic nitrogens is 2. The molecule has 1 aliphatic carbocycles. The topological polar surface area (TPSA) is 79.6 Å². The number of carbonyl (C=O) groups is 1. The van der Waals surface area contributed by atoms with Crippen molar-refractivity contribution < 1.29 is 19.0 Å². The van der Waals surface area contributed by atoms with Crippen LogP contribution in [0.4, 0.5) is 14.9 Å². The van der Waals surface area contributed by atoms with Crippen LogP contribution < -0.4 is 15.0 Å². The van der Waals surface area contributed by atoms with Crippen LogP contribution in [-0.2, 0) is 6.42 Å². The number of amides is 1. The fraction of sp³-hybridized carbons (Fsp3) is 0.565. The summed E-state index contributed by atoms with van der Waals surface area (Å²) >= 11 is 0. The van der Waals surface area contributed by atoms with Crippen LogP contribution in [0.15, 0.2) is 18.3 Å². The molecule has 2 fully saturated rings. The summed E-state index contributed by atoms with van der Waals surface area (Å²) in [7, 11) is 0. The maximum Gasteiger partial charge on any atom is 0.412 e. The summed E-state index contributed by atoms with van der Waals surface area (Å²) in [6, 6.07) is 3.54. The average Bonchev–Trinajstić information content (AvgIpc) is 3.11. The van der Waals surface area contributed by atoms with Crippen molar-refractivity contribution in [3.8, 4) is 16.9 Å². The first-order chi connectivity index (χ1) is 15.0. The van der Waals surface area contributed by atoms with Crippen LogP contribution in [0.2, 0.25) is 0 Å². The third kappa shape index (κ3) is 3.56. The van der Waals surface area contributed by atoms with Gasteiger partial charge in [-0.25, -0.2) is 9.48 Å². The van der Waals surface area contributed by atoms with E-state index in [9.17, 15) is 9.90 Å². The van der Waals surface area contributed by atoms with Gasteiger partial charge in [-0.3, -0.25) is 4.90 Å². The number of ether oxygens (including phenoxy) is 1. The van der Waals surface area contributed by atoms with Crippen molar-refractivity contribution in [1.82, 2.24) is 15.1 Å². The number of nitrogens with zero attached hydrogens (tertiary/aromatic N) is 3. The molecule has 1 saturated carbocycles. The third-order valence-corrected chi connectivity index (χ3v) is 6.97. The first-order valence-electron chi connectivity index (χ1n) is 11.3. The molecule has 1 amide bonds. The minimum atomic E-state index is -0.972. The molecular formula is C23H29FN4O3. The van der Waals surface area contributed by atoms with Crippen molar-refractivity contribution in [3.05, 3.63) is 29.8 Å². The van der Waals surface area contributed by atoms with Crippen LogP contribution in [0.3, 0.4) is 0 Å². The van der Waals surface area contributed by atoms with Crippen LogP contribution in [0, 0.1) is 5.95 Å². The zero-order chi connectivity index (χ0) is 21.5. The van der Waals surface area contributed by atoms with Crippen LogP contribution in [0.1, 0.15) is 57.1 Å². The van der Waals surface area contributed by atoms with E-state index < -0.39 is 6.09 Å². The molecule has 1 aromatic heterocycles. The predicted octanol–water partition coefficient (Wildman–Crippen LogP) is 4.36. The Hall–Kier alpha value is -2.61. The van der Waals surface area contributed by atoms with Gasteiger partial charge in [0.05, 0.1) is 29.6 Å². The van der Waals surface area contributed by atoms with E-state index >= 15 is 4.39 Å². The highest BCUT2D eigenvalue weighted by atomic mass is 19.1.